The summed E-state index contributed by atoms with van der Waals surface area (Å²) in [5.74, 6) is -51.6. The first kappa shape index (κ1) is 36.4. The fourth-order valence-electron chi connectivity index (χ4n) is 1.90. The largest absolute Gasteiger partial charge is 0.460 e. The normalized spacial score (nSPS) is 16.4. The number of rotatable bonds is 12. The van der Waals surface area contributed by atoms with E-state index in [1.807, 2.05) is 0 Å². The molecule has 0 aromatic rings. The highest BCUT2D eigenvalue weighted by Crippen LogP contribution is 2.64. The molecule has 1 N–H and O–H groups in total. The van der Waals surface area contributed by atoms with Crippen LogP contribution in [0.2, 0.25) is 6.04 Å². The first-order valence-corrected chi connectivity index (χ1v) is 18.4. The van der Waals surface area contributed by atoms with Crippen LogP contribution in [-0.4, -0.2) is 65.9 Å². The highest BCUT2D eigenvalue weighted by Gasteiger charge is 2.96. The Morgan fingerprint density at radius 1 is 0.556 bits per heavy atom. The maximum atomic E-state index is 13.8. The topological polar surface area (TPSA) is 46.2 Å². The zero-order valence-electron chi connectivity index (χ0n) is 15.9. The van der Waals surface area contributed by atoms with Crippen molar-refractivity contribution in [1.82, 2.24) is 4.72 Å². The number of alkyl halides is 17. The van der Waals surface area contributed by atoms with E-state index >= 15 is 0 Å². The van der Waals surface area contributed by atoms with Gasteiger partial charge in [0.1, 0.15) is 0 Å². The fourth-order valence-corrected chi connectivity index (χ4v) is 6.07. The van der Waals surface area contributed by atoms with Gasteiger partial charge in [0.25, 0.3) is 14.0 Å². The van der Waals surface area contributed by atoms with Crippen molar-refractivity contribution in [2.24, 2.45) is 0 Å². The van der Waals surface area contributed by atoms with Crippen LogP contribution in [0.15, 0.2) is 0 Å². The second-order valence-corrected chi connectivity index (χ2v) is 31.9. The van der Waals surface area contributed by atoms with Crippen molar-refractivity contribution >= 4 is 59.8 Å². The summed E-state index contributed by atoms with van der Waals surface area (Å²) in [6, 6.07) is -0.166. The quantitative estimate of drug-likeness (QED) is 0.0969. The molecular weight excluding hydrogens is 801 g/mol. The molecule has 36 heavy (non-hydrogen) atoms. The summed E-state index contributed by atoms with van der Waals surface area (Å²) in [6.07, 6.45) is -8.43. The summed E-state index contributed by atoms with van der Waals surface area (Å²) in [5, 5.41) is -7.55. The van der Waals surface area contributed by atoms with Crippen LogP contribution in [0, 0.1) is 0 Å². The van der Waals surface area contributed by atoms with Gasteiger partial charge < -0.3 is 0 Å². The van der Waals surface area contributed by atoms with Crippen LogP contribution < -0.4 is 4.72 Å². The Morgan fingerprint density at radius 3 is 1.17 bits per heavy atom. The Labute approximate surface area is 213 Å². The molecule has 0 heterocycles. The van der Waals surface area contributed by atoms with Crippen molar-refractivity contribution in [3.05, 3.63) is 0 Å². The molecule has 0 spiro atoms. The molecular formula is C11H7Br3F17NO2SSi. The third-order valence-corrected chi connectivity index (χ3v) is 9.96. The second-order valence-electron chi connectivity index (χ2n) is 6.58. The summed E-state index contributed by atoms with van der Waals surface area (Å²) in [4.78, 5) is 0. The molecule has 0 aliphatic heterocycles. The molecule has 0 aromatic heterocycles. The lowest BCUT2D eigenvalue weighted by molar-refractivity contribution is -0.458. The van der Waals surface area contributed by atoms with E-state index < -0.39 is 73.9 Å². The average Bonchev–Trinajstić information content (AvgIpc) is 2.62. The summed E-state index contributed by atoms with van der Waals surface area (Å²) < 4.78 is 244. The molecule has 0 aliphatic rings. The highest BCUT2D eigenvalue weighted by molar-refractivity contribution is 9.72. The minimum Gasteiger partial charge on any atom is -0.210 e. The average molecular weight is 808 g/mol. The number of nitrogens with one attached hydrogen (secondary N) is 1. The van der Waals surface area contributed by atoms with Crippen LogP contribution in [-0.2, 0) is 10.0 Å². The molecule has 0 atom stereocenters. The predicted octanol–water partition coefficient (Wildman–Crippen LogP) is 7.39. The molecule has 0 rings (SSSR count). The van der Waals surface area contributed by atoms with Crippen LogP contribution in [0.25, 0.3) is 0 Å². The molecule has 218 valence electrons. The second kappa shape index (κ2) is 10.1. The van der Waals surface area contributed by atoms with Crippen molar-refractivity contribution in [2.75, 3.05) is 6.54 Å². The van der Waals surface area contributed by atoms with E-state index in [0.29, 0.717) is 4.72 Å². The molecule has 0 unspecified atom stereocenters. The summed E-state index contributed by atoms with van der Waals surface area (Å²) >= 11 is 8.78. The van der Waals surface area contributed by atoms with Gasteiger partial charge in [0.2, 0.25) is 0 Å². The van der Waals surface area contributed by atoms with Gasteiger partial charge in [-0.1, -0.05) is 45.9 Å². The number of sulfonamides is 1. The molecule has 0 radical (unpaired) electrons. The first-order chi connectivity index (χ1) is 15.2. The predicted molar refractivity (Wildman–Crippen MR) is 99.6 cm³/mol. The molecule has 25 heteroatoms. The molecule has 0 saturated heterocycles. The molecule has 0 aromatic carbocycles. The van der Waals surface area contributed by atoms with Crippen molar-refractivity contribution in [3.8, 4) is 0 Å². The lowest BCUT2D eigenvalue weighted by Crippen LogP contribution is -2.75. The van der Waals surface area contributed by atoms with Crippen LogP contribution in [0.5, 0.6) is 0 Å². The van der Waals surface area contributed by atoms with Crippen molar-refractivity contribution in [3.63, 3.8) is 0 Å². The van der Waals surface area contributed by atoms with Crippen molar-refractivity contribution in [2.45, 2.75) is 59.4 Å². The monoisotopic (exact) mass is 805 g/mol. The molecule has 0 amide bonds. The Bertz CT molecular complexity index is 903. The zero-order valence-corrected chi connectivity index (χ0v) is 22.5. The zero-order chi connectivity index (χ0) is 29.8. The van der Waals surface area contributed by atoms with Crippen LogP contribution >= 0.6 is 45.9 Å². The Kier molecular flexibility index (Phi) is 10.2. The minimum atomic E-state index is -8.84. The molecule has 0 saturated carbocycles. The van der Waals surface area contributed by atoms with Crippen molar-refractivity contribution in [1.29, 1.82) is 0 Å². The summed E-state index contributed by atoms with van der Waals surface area (Å²) in [6.45, 7) is -1.31. The molecule has 0 bridgehead atoms. The standard InChI is InChI=1S/C11H7Br3F17NO2SSi/c12-36(13,14)3-1-2-32-35(33,34)11(30,31)9(25,26)7(21,22)5(17,18)4(15,16)6(19,20)8(23,24)10(27,28)29/h32H,1-3H2. The summed E-state index contributed by atoms with van der Waals surface area (Å²) in [7, 11) is -7.25. The van der Waals surface area contributed by atoms with E-state index in [1.54, 1.807) is 0 Å². The van der Waals surface area contributed by atoms with Gasteiger partial charge in [0.15, 0.2) is 0 Å². The van der Waals surface area contributed by atoms with Gasteiger partial charge in [-0.05, 0) is 12.5 Å². The van der Waals surface area contributed by atoms with Crippen LogP contribution in [0.4, 0.5) is 74.6 Å². The summed E-state index contributed by atoms with van der Waals surface area (Å²) in [5.41, 5.74) is 0. The van der Waals surface area contributed by atoms with Gasteiger partial charge in [0.05, 0.1) is 0 Å². The fraction of sp³-hybridized carbons (Fsp3) is 1.00. The number of hydrogen-bond donors (Lipinski definition) is 1. The number of halogens is 20. The first-order valence-electron chi connectivity index (χ1n) is 7.98. The number of hydrogen-bond acceptors (Lipinski definition) is 2. The van der Waals surface area contributed by atoms with Gasteiger partial charge in [-0.15, -0.1) is 0 Å². The van der Waals surface area contributed by atoms with E-state index in [0.717, 1.165) is 0 Å². The molecule has 0 fully saturated rings. The minimum absolute atomic E-state index is 0.166. The van der Waals surface area contributed by atoms with Gasteiger partial charge >= 0.3 is 47.0 Å². The van der Waals surface area contributed by atoms with E-state index in [1.165, 1.54) is 0 Å². The van der Waals surface area contributed by atoms with Crippen molar-refractivity contribution < 1.29 is 83.1 Å². The maximum Gasteiger partial charge on any atom is 0.460 e. The molecule has 0 aliphatic carbocycles. The van der Waals surface area contributed by atoms with Crippen LogP contribution in [0.3, 0.4) is 0 Å². The lowest BCUT2D eigenvalue weighted by Gasteiger charge is -2.42. The third kappa shape index (κ3) is 5.78. The maximum absolute atomic E-state index is 13.8. The Morgan fingerprint density at radius 2 is 0.861 bits per heavy atom. The third-order valence-electron chi connectivity index (χ3n) is 3.96. The molecule has 3 nitrogen and oxygen atoms in total. The van der Waals surface area contributed by atoms with E-state index in [-0.39, 0.29) is 6.04 Å². The van der Waals surface area contributed by atoms with Gasteiger partial charge in [-0.3, -0.25) is 0 Å². The van der Waals surface area contributed by atoms with E-state index in [2.05, 4.69) is 45.9 Å². The SMILES string of the molecule is O=S(=O)(NCCC[Si](Br)(Br)Br)C(F)(F)C(F)(F)C(F)(F)C(F)(F)C(F)(F)C(F)(F)C(F)(F)C(F)(F)F. The lowest BCUT2D eigenvalue weighted by atomic mass is 9.91. The van der Waals surface area contributed by atoms with Gasteiger partial charge in [-0.25, -0.2) is 13.1 Å². The highest BCUT2D eigenvalue weighted by atomic mass is 80.0. The Hall–Kier alpha value is 0.377. The van der Waals surface area contributed by atoms with Crippen LogP contribution in [0.1, 0.15) is 6.42 Å². The Balaban J connectivity index is 6.55. The van der Waals surface area contributed by atoms with E-state index in [9.17, 15) is 83.1 Å². The van der Waals surface area contributed by atoms with E-state index in [4.69, 9.17) is 0 Å². The van der Waals surface area contributed by atoms with Gasteiger partial charge in [0, 0.05) is 6.54 Å². The van der Waals surface area contributed by atoms with Gasteiger partial charge in [-0.2, -0.15) is 74.6 Å². The smallest absolute Gasteiger partial charge is 0.210 e.